The van der Waals surface area contributed by atoms with E-state index < -0.39 is 0 Å². The fourth-order valence-corrected chi connectivity index (χ4v) is 12.7. The first-order chi connectivity index (χ1) is 29.8. The summed E-state index contributed by atoms with van der Waals surface area (Å²) >= 11 is 1.92. The van der Waals surface area contributed by atoms with Crippen molar-refractivity contribution in [1.82, 2.24) is 0 Å². The highest BCUT2D eigenvalue weighted by molar-refractivity contribution is 7.26. The van der Waals surface area contributed by atoms with Crippen molar-refractivity contribution in [2.24, 2.45) is 0 Å². The van der Waals surface area contributed by atoms with Crippen LogP contribution in [0.3, 0.4) is 0 Å². The van der Waals surface area contributed by atoms with Gasteiger partial charge in [0, 0.05) is 31.0 Å². The van der Waals surface area contributed by atoms with Crippen LogP contribution in [0.1, 0.15) is 49.9 Å². The Morgan fingerprint density at radius 2 is 0.934 bits per heavy atom. The topological polar surface area (TPSA) is 0 Å². The summed E-state index contributed by atoms with van der Waals surface area (Å²) in [4.78, 5) is 0. The van der Waals surface area contributed by atoms with Gasteiger partial charge in [0.15, 0.2) is 0 Å². The molecule has 0 amide bonds. The van der Waals surface area contributed by atoms with Crippen molar-refractivity contribution < 1.29 is 0 Å². The predicted octanol–water partition coefficient (Wildman–Crippen LogP) is 17.1. The molecule has 61 heavy (non-hydrogen) atoms. The summed E-state index contributed by atoms with van der Waals surface area (Å²) in [6.07, 6.45) is 0. The summed E-state index contributed by atoms with van der Waals surface area (Å²) in [6, 6.07) is 68.9. The highest BCUT2D eigenvalue weighted by Crippen LogP contribution is 2.57. The van der Waals surface area contributed by atoms with Gasteiger partial charge in [-0.3, -0.25) is 0 Å². The predicted molar refractivity (Wildman–Crippen MR) is 263 cm³/mol. The largest absolute Gasteiger partial charge is 0.135 e. The summed E-state index contributed by atoms with van der Waals surface area (Å²) in [6.45, 7) is 9.70. The molecule has 0 saturated carbocycles. The van der Waals surface area contributed by atoms with Crippen molar-refractivity contribution in [1.29, 1.82) is 0 Å². The monoisotopic (exact) mass is 794 g/mol. The number of hydrogen-bond acceptors (Lipinski definition) is 1. The van der Waals surface area contributed by atoms with Gasteiger partial charge in [0.1, 0.15) is 0 Å². The Labute approximate surface area is 360 Å². The summed E-state index contributed by atoms with van der Waals surface area (Å²) in [5.41, 5.74) is 18.5. The summed E-state index contributed by atoms with van der Waals surface area (Å²) in [5, 5.41) is 10.6. The molecule has 0 nitrogen and oxygen atoms in total. The number of hydrogen-bond donors (Lipinski definition) is 0. The van der Waals surface area contributed by atoms with E-state index >= 15 is 0 Å². The van der Waals surface area contributed by atoms with Crippen LogP contribution in [0.15, 0.2) is 182 Å². The van der Waals surface area contributed by atoms with E-state index in [1.807, 2.05) is 11.3 Å². The average molecular weight is 795 g/mol. The Morgan fingerprint density at radius 3 is 1.67 bits per heavy atom. The fourth-order valence-electron chi connectivity index (χ4n) is 11.6. The van der Waals surface area contributed by atoms with Gasteiger partial charge in [-0.25, -0.2) is 0 Å². The molecule has 0 N–H and O–H groups in total. The Kier molecular flexibility index (Phi) is 7.11. The quantitative estimate of drug-likeness (QED) is 0.156. The van der Waals surface area contributed by atoms with E-state index in [9.17, 15) is 0 Å². The third-order valence-corrected chi connectivity index (χ3v) is 15.5. The molecule has 0 saturated heterocycles. The molecule has 0 bridgehead atoms. The van der Waals surface area contributed by atoms with Gasteiger partial charge in [0.25, 0.3) is 0 Å². The standard InChI is InChI=1S/C60H42S/c1-59(2)50-29-26-37(40-23-14-24-46-48-34-54-49(33-52(48)60(3,4)58(40)46)57-39-18-9-8-15-35(39)27-30-53(57)61-54)31-47(50)41-28-25-38(32-51(41)59)56-44-21-12-10-19-42(44)55(36-16-6-5-7-17-36)43-20-11-13-22-45(43)56/h5-34H,1-4H3. The minimum absolute atomic E-state index is 0.151. The molecule has 1 aromatic heterocycles. The molecule has 0 radical (unpaired) electrons. The third kappa shape index (κ3) is 4.76. The van der Waals surface area contributed by atoms with Crippen LogP contribution in [0.5, 0.6) is 0 Å². The Morgan fingerprint density at radius 1 is 0.328 bits per heavy atom. The molecule has 13 rings (SSSR count). The average Bonchev–Trinajstić information content (AvgIpc) is 3.86. The molecular formula is C60H42S. The van der Waals surface area contributed by atoms with Gasteiger partial charge in [0.2, 0.25) is 0 Å². The van der Waals surface area contributed by atoms with Crippen molar-refractivity contribution in [3.8, 4) is 55.6 Å². The van der Waals surface area contributed by atoms with Crippen LogP contribution in [0, 0.1) is 0 Å². The van der Waals surface area contributed by atoms with Crippen LogP contribution >= 0.6 is 11.3 Å². The molecule has 0 unspecified atom stereocenters. The van der Waals surface area contributed by atoms with Gasteiger partial charge in [-0.05, 0) is 141 Å². The maximum Gasteiger partial charge on any atom is 0.0362 e. The molecule has 0 atom stereocenters. The van der Waals surface area contributed by atoms with Gasteiger partial charge in [-0.15, -0.1) is 11.3 Å². The van der Waals surface area contributed by atoms with Crippen LogP contribution < -0.4 is 0 Å². The zero-order valence-corrected chi connectivity index (χ0v) is 35.5. The van der Waals surface area contributed by atoms with E-state index in [0.29, 0.717) is 0 Å². The van der Waals surface area contributed by atoms with Gasteiger partial charge in [-0.2, -0.15) is 0 Å². The van der Waals surface area contributed by atoms with E-state index in [1.54, 1.807) is 0 Å². The molecule has 1 heteroatoms. The maximum absolute atomic E-state index is 2.53. The summed E-state index contributed by atoms with van der Waals surface area (Å²) in [7, 11) is 0. The molecule has 288 valence electrons. The lowest BCUT2D eigenvalue weighted by molar-refractivity contribution is 0.660. The second-order valence-corrected chi connectivity index (χ2v) is 19.4. The van der Waals surface area contributed by atoms with E-state index in [4.69, 9.17) is 0 Å². The molecule has 1 heterocycles. The van der Waals surface area contributed by atoms with Crippen LogP contribution in [0.2, 0.25) is 0 Å². The number of rotatable bonds is 3. The summed E-state index contributed by atoms with van der Waals surface area (Å²) in [5.74, 6) is 0. The number of benzene rings is 10. The van der Waals surface area contributed by atoms with Crippen molar-refractivity contribution in [2.45, 2.75) is 38.5 Å². The zero-order valence-electron chi connectivity index (χ0n) is 34.7. The lowest BCUT2D eigenvalue weighted by atomic mass is 9.78. The van der Waals surface area contributed by atoms with E-state index in [-0.39, 0.29) is 10.8 Å². The molecule has 2 aliphatic carbocycles. The van der Waals surface area contributed by atoms with Crippen LogP contribution in [0.4, 0.5) is 0 Å². The molecular weight excluding hydrogens is 753 g/mol. The maximum atomic E-state index is 2.53. The smallest absolute Gasteiger partial charge is 0.0362 e. The van der Waals surface area contributed by atoms with Crippen molar-refractivity contribution in [3.63, 3.8) is 0 Å². The minimum atomic E-state index is -0.166. The third-order valence-electron chi connectivity index (χ3n) is 14.4. The Bertz CT molecular complexity index is 3630. The lowest BCUT2D eigenvalue weighted by Crippen LogP contribution is -2.16. The second kappa shape index (κ2) is 12.4. The van der Waals surface area contributed by atoms with Gasteiger partial charge < -0.3 is 0 Å². The Balaban J connectivity index is 0.956. The molecule has 0 aliphatic heterocycles. The molecule has 11 aromatic rings. The van der Waals surface area contributed by atoms with Crippen molar-refractivity contribution in [3.05, 3.63) is 204 Å². The van der Waals surface area contributed by atoms with Crippen molar-refractivity contribution >= 4 is 63.8 Å². The molecule has 0 fully saturated rings. The number of fused-ring (bicyclic) bond motifs is 13. The highest BCUT2D eigenvalue weighted by Gasteiger charge is 2.40. The van der Waals surface area contributed by atoms with Gasteiger partial charge >= 0.3 is 0 Å². The van der Waals surface area contributed by atoms with E-state index in [1.165, 1.54) is 130 Å². The molecule has 2 aliphatic rings. The van der Waals surface area contributed by atoms with Crippen LogP contribution in [-0.4, -0.2) is 0 Å². The van der Waals surface area contributed by atoms with E-state index in [2.05, 4.69) is 210 Å². The SMILES string of the molecule is CC1(C)c2ccc(-c3cccc4c3C(C)(C)c3cc5c(cc3-4)sc3ccc4ccccc4c35)cc2-c2ccc(-c3c4ccccc4c(-c4ccccc4)c4ccccc34)cc21. The first-order valence-electron chi connectivity index (χ1n) is 21.6. The minimum Gasteiger partial charge on any atom is -0.135 e. The van der Waals surface area contributed by atoms with Gasteiger partial charge in [-0.1, -0.05) is 179 Å². The summed E-state index contributed by atoms with van der Waals surface area (Å²) < 4.78 is 2.73. The Hall–Kier alpha value is -6.80. The zero-order chi connectivity index (χ0) is 40.8. The van der Waals surface area contributed by atoms with Crippen molar-refractivity contribution in [2.75, 3.05) is 0 Å². The fraction of sp³-hybridized carbons (Fsp3) is 0.100. The normalized spacial score (nSPS) is 14.5. The van der Waals surface area contributed by atoms with Crippen LogP contribution in [-0.2, 0) is 10.8 Å². The first-order valence-corrected chi connectivity index (χ1v) is 22.4. The second-order valence-electron chi connectivity index (χ2n) is 18.4. The molecule has 10 aromatic carbocycles. The van der Waals surface area contributed by atoms with Crippen LogP contribution in [0.25, 0.3) is 108 Å². The van der Waals surface area contributed by atoms with Gasteiger partial charge in [0.05, 0.1) is 0 Å². The van der Waals surface area contributed by atoms with E-state index in [0.717, 1.165) is 0 Å². The number of thiophene rings is 1. The molecule has 0 spiro atoms. The lowest BCUT2D eigenvalue weighted by Gasteiger charge is -2.25. The first kappa shape index (κ1) is 35.0. The highest BCUT2D eigenvalue weighted by atomic mass is 32.1.